The molecule has 0 saturated carbocycles. The van der Waals surface area contributed by atoms with Gasteiger partial charge in [-0.2, -0.15) is 8.42 Å². The lowest BCUT2D eigenvalue weighted by Crippen LogP contribution is -2.21. The highest BCUT2D eigenvalue weighted by molar-refractivity contribution is 7.85. The summed E-state index contributed by atoms with van der Waals surface area (Å²) in [6, 6.07) is 11.3. The van der Waals surface area contributed by atoms with Gasteiger partial charge < -0.3 is 13.7 Å². The number of nitrogens with zero attached hydrogens (tertiary/aromatic N) is 2. The number of benzene rings is 2. The van der Waals surface area contributed by atoms with Crippen LogP contribution in [0.15, 0.2) is 56.1 Å². The van der Waals surface area contributed by atoms with Gasteiger partial charge in [0.1, 0.15) is 16.7 Å². The summed E-state index contributed by atoms with van der Waals surface area (Å²) >= 11 is 0. The number of nitrogens with one attached hydrogen (secondary N) is 1. The summed E-state index contributed by atoms with van der Waals surface area (Å²) in [4.78, 5) is 18.7. The predicted octanol–water partition coefficient (Wildman–Crippen LogP) is 2.25. The van der Waals surface area contributed by atoms with Crippen molar-refractivity contribution in [3.05, 3.63) is 52.9 Å². The van der Waals surface area contributed by atoms with Crippen LogP contribution in [0.2, 0.25) is 0 Å². The monoisotopic (exact) mass is 493 g/mol. The van der Waals surface area contributed by atoms with Crippen molar-refractivity contribution in [2.45, 2.75) is 6.42 Å². The summed E-state index contributed by atoms with van der Waals surface area (Å²) in [6.45, 7) is 0.369. The van der Waals surface area contributed by atoms with Crippen LogP contribution in [0.1, 0.15) is 6.42 Å². The van der Waals surface area contributed by atoms with Crippen LogP contribution in [0, 0.1) is 0 Å². The quantitative estimate of drug-likeness (QED) is 0.189. The van der Waals surface area contributed by atoms with Crippen molar-refractivity contribution in [2.75, 3.05) is 29.0 Å². The summed E-state index contributed by atoms with van der Waals surface area (Å²) in [5.41, 5.74) is 1.52. The fourth-order valence-electron chi connectivity index (χ4n) is 3.31. The van der Waals surface area contributed by atoms with Crippen molar-refractivity contribution in [1.82, 2.24) is 4.98 Å². The third-order valence-corrected chi connectivity index (χ3v) is 6.14. The minimum Gasteiger partial charge on any atom is -0.436 e. The zero-order chi connectivity index (χ0) is 23.8. The highest BCUT2D eigenvalue weighted by Crippen LogP contribution is 2.28. The number of aromatic nitrogens is 1. The van der Waals surface area contributed by atoms with Crippen LogP contribution >= 0.6 is 0 Å². The molecule has 2 N–H and O–H groups in total. The first-order chi connectivity index (χ1) is 15.6. The van der Waals surface area contributed by atoms with Crippen LogP contribution < -0.4 is 15.2 Å². The summed E-state index contributed by atoms with van der Waals surface area (Å²) in [6.07, 6.45) is 0.233. The van der Waals surface area contributed by atoms with E-state index in [-0.39, 0.29) is 23.6 Å². The molecule has 0 aliphatic heterocycles. The first-order valence-electron chi connectivity index (χ1n) is 9.65. The number of oxazole rings is 1. The van der Waals surface area contributed by atoms with Crippen molar-refractivity contribution in [3.8, 4) is 11.5 Å². The van der Waals surface area contributed by atoms with Crippen molar-refractivity contribution in [1.29, 1.82) is 0 Å². The maximum Gasteiger partial charge on any atom is 0.349 e. The molecular formula is C20H19N3O8S2. The Morgan fingerprint density at radius 3 is 2.61 bits per heavy atom. The summed E-state index contributed by atoms with van der Waals surface area (Å²) in [5.74, 6) is -0.309. The van der Waals surface area contributed by atoms with E-state index in [1.165, 1.54) is 12.1 Å². The molecule has 0 radical (unpaired) electrons. The maximum atomic E-state index is 12.6. The third-order valence-electron chi connectivity index (χ3n) is 4.90. The molecule has 0 aliphatic rings. The van der Waals surface area contributed by atoms with E-state index in [2.05, 4.69) is 9.71 Å². The molecule has 4 aromatic rings. The Hall–Kier alpha value is -3.42. The van der Waals surface area contributed by atoms with Crippen LogP contribution in [0.4, 0.5) is 11.4 Å². The third kappa shape index (κ3) is 5.32. The molecule has 0 atom stereocenters. The van der Waals surface area contributed by atoms with Crippen molar-refractivity contribution < 1.29 is 30.2 Å². The van der Waals surface area contributed by atoms with E-state index in [0.717, 1.165) is 0 Å². The van der Waals surface area contributed by atoms with E-state index in [0.29, 0.717) is 40.0 Å². The van der Waals surface area contributed by atoms with Gasteiger partial charge in [0.2, 0.25) is 16.8 Å². The van der Waals surface area contributed by atoms with Gasteiger partial charge in [-0.25, -0.2) is 18.2 Å². The molecule has 2 aromatic carbocycles. The number of hydrogen-bond acceptors (Lipinski definition) is 9. The molecule has 0 amide bonds. The molecule has 0 spiro atoms. The van der Waals surface area contributed by atoms with E-state index >= 15 is 0 Å². The molecule has 0 unspecified atom stereocenters. The zero-order valence-corrected chi connectivity index (χ0v) is 18.9. The van der Waals surface area contributed by atoms with E-state index < -0.39 is 26.6 Å². The molecule has 2 heterocycles. The van der Waals surface area contributed by atoms with Crippen LogP contribution in [0.25, 0.3) is 33.5 Å². The van der Waals surface area contributed by atoms with Crippen LogP contribution in [-0.2, 0) is 21.0 Å². The number of fused-ring (bicyclic) bond motifs is 2. The molecular weight excluding hydrogens is 474 g/mol. The molecule has 4 rings (SSSR count). The molecule has 33 heavy (non-hydrogen) atoms. The van der Waals surface area contributed by atoms with Gasteiger partial charge in [-0.3, -0.25) is 9.27 Å². The average Bonchev–Trinajstić information content (AvgIpc) is 3.14. The second-order valence-electron chi connectivity index (χ2n) is 7.30. The zero-order valence-electron chi connectivity index (χ0n) is 17.2. The van der Waals surface area contributed by atoms with Gasteiger partial charge in [0.05, 0.1) is 11.4 Å². The second kappa shape index (κ2) is 8.84. The molecule has 2 aromatic heterocycles. The van der Waals surface area contributed by atoms with E-state index in [1.807, 2.05) is 0 Å². The summed E-state index contributed by atoms with van der Waals surface area (Å²) < 4.78 is 65.7. The summed E-state index contributed by atoms with van der Waals surface area (Å²) in [5, 5.41) is 0.618. The lowest BCUT2D eigenvalue weighted by Gasteiger charge is -2.19. The molecule has 174 valence electrons. The molecule has 13 heteroatoms. The highest BCUT2D eigenvalue weighted by atomic mass is 32.2. The van der Waals surface area contributed by atoms with Gasteiger partial charge in [-0.05, 0) is 36.8 Å². The molecule has 0 aliphatic carbocycles. The van der Waals surface area contributed by atoms with E-state index in [4.69, 9.17) is 13.4 Å². The number of rotatable bonds is 8. The van der Waals surface area contributed by atoms with Crippen LogP contribution in [0.3, 0.4) is 0 Å². The smallest absolute Gasteiger partial charge is 0.349 e. The average molecular weight is 494 g/mol. The van der Waals surface area contributed by atoms with Crippen molar-refractivity contribution in [2.24, 2.45) is 0 Å². The van der Waals surface area contributed by atoms with Gasteiger partial charge >= 0.3 is 5.63 Å². The van der Waals surface area contributed by atoms with Crippen LogP contribution in [-0.4, -0.2) is 45.7 Å². The number of anilines is 2. The first-order valence-corrected chi connectivity index (χ1v) is 12.4. The SMILES string of the molecule is CN(CCCS(=O)(=O)O)c1ccc2cc(-c3nc4ccc(N[SH](=O)=O)cc4o3)c(=O)oc2c1. The molecule has 11 nitrogen and oxygen atoms in total. The first kappa shape index (κ1) is 22.8. The number of hydrogen-bond donors (Lipinski definition) is 3. The Balaban J connectivity index is 1.63. The number of thiol groups is 1. The molecule has 0 bridgehead atoms. The highest BCUT2D eigenvalue weighted by Gasteiger charge is 2.16. The fraction of sp³-hybridized carbons (Fsp3) is 0.200. The molecule has 0 fully saturated rings. The predicted molar refractivity (Wildman–Crippen MR) is 124 cm³/mol. The van der Waals surface area contributed by atoms with E-state index in [9.17, 15) is 21.6 Å². The van der Waals surface area contributed by atoms with Gasteiger partial charge in [0.25, 0.3) is 10.1 Å². The van der Waals surface area contributed by atoms with Crippen molar-refractivity contribution in [3.63, 3.8) is 0 Å². The lowest BCUT2D eigenvalue weighted by atomic mass is 10.1. The van der Waals surface area contributed by atoms with Crippen LogP contribution in [0.5, 0.6) is 0 Å². The van der Waals surface area contributed by atoms with Crippen molar-refractivity contribution >= 4 is 54.5 Å². The van der Waals surface area contributed by atoms with Gasteiger partial charge in [0, 0.05) is 36.8 Å². The topological polar surface area (TPSA) is 160 Å². The Morgan fingerprint density at radius 2 is 1.88 bits per heavy atom. The Morgan fingerprint density at radius 1 is 1.09 bits per heavy atom. The summed E-state index contributed by atoms with van der Waals surface area (Å²) in [7, 11) is -5.10. The Kier molecular flexibility index (Phi) is 6.10. The Bertz CT molecular complexity index is 1580. The lowest BCUT2D eigenvalue weighted by molar-refractivity contribution is 0.481. The van der Waals surface area contributed by atoms with Gasteiger partial charge in [-0.1, -0.05) is 0 Å². The Labute approximate surface area is 189 Å². The maximum absolute atomic E-state index is 12.6. The van der Waals surface area contributed by atoms with E-state index in [1.54, 1.807) is 42.3 Å². The minimum absolute atomic E-state index is 0.0377. The van der Waals surface area contributed by atoms with Gasteiger partial charge in [0.15, 0.2) is 5.58 Å². The minimum atomic E-state index is -4.02. The fourth-order valence-corrected chi connectivity index (χ4v) is 4.16. The normalized spacial score (nSPS) is 12.0. The largest absolute Gasteiger partial charge is 0.436 e. The standard InChI is InChI=1S/C20H19N3O8S2/c1-23(7-2-8-33(27,28)29)14-5-3-12-9-15(20(24)31-17(12)11-14)19-21-16-6-4-13(22-32(25)26)10-18(16)30-19/h3-6,9-11,32H,2,7-8H2,1H3,(H,22,25,26)(H,27,28,29). The second-order valence-corrected chi connectivity index (χ2v) is 9.61. The molecule has 0 saturated heterocycles. The van der Waals surface area contributed by atoms with Gasteiger partial charge in [-0.15, -0.1) is 0 Å².